The van der Waals surface area contributed by atoms with Gasteiger partial charge >= 0.3 is 0 Å². The van der Waals surface area contributed by atoms with Crippen LogP contribution in [0.1, 0.15) is 25.7 Å². The summed E-state index contributed by atoms with van der Waals surface area (Å²) in [7, 11) is 0. The summed E-state index contributed by atoms with van der Waals surface area (Å²) in [5, 5.41) is 0. The molecule has 0 spiro atoms. The lowest BCUT2D eigenvalue weighted by atomic mass is 10.1. The predicted octanol–water partition coefficient (Wildman–Crippen LogP) is 1.26. The molecule has 2 heterocycles. The van der Waals surface area contributed by atoms with Crippen molar-refractivity contribution < 1.29 is 9.59 Å². The van der Waals surface area contributed by atoms with E-state index in [1.54, 1.807) is 11.0 Å². The van der Waals surface area contributed by atoms with Crippen LogP contribution in [0, 0.1) is 5.92 Å². The van der Waals surface area contributed by atoms with E-state index < -0.39 is 0 Å². The first-order chi connectivity index (χ1) is 13.1. The lowest BCUT2D eigenvalue weighted by Gasteiger charge is -2.36. The third kappa shape index (κ3) is 3.59. The van der Waals surface area contributed by atoms with Crippen molar-refractivity contribution in [3.63, 3.8) is 0 Å². The number of amides is 2. The highest BCUT2D eigenvalue weighted by Crippen LogP contribution is 2.27. The summed E-state index contributed by atoms with van der Waals surface area (Å²) in [4.78, 5) is 45.3. The second kappa shape index (κ2) is 7.50. The number of hydrogen-bond donors (Lipinski definition) is 0. The molecule has 4 rings (SSSR count). The quantitative estimate of drug-likeness (QED) is 0.817. The zero-order valence-corrected chi connectivity index (χ0v) is 15.3. The van der Waals surface area contributed by atoms with E-state index in [0.29, 0.717) is 37.2 Å². The van der Waals surface area contributed by atoms with Crippen LogP contribution in [0.4, 0.5) is 0 Å². The molecular weight excluding hydrogens is 344 g/mol. The van der Waals surface area contributed by atoms with Crippen LogP contribution in [0.5, 0.6) is 0 Å². The molecule has 1 saturated heterocycles. The Morgan fingerprint density at radius 1 is 1.00 bits per heavy atom. The van der Waals surface area contributed by atoms with Crippen molar-refractivity contribution in [1.29, 1.82) is 0 Å². The first-order valence-electron chi connectivity index (χ1n) is 9.64. The van der Waals surface area contributed by atoms with Crippen LogP contribution in [-0.2, 0) is 16.1 Å². The van der Waals surface area contributed by atoms with E-state index in [1.165, 1.54) is 10.8 Å². The maximum absolute atomic E-state index is 12.7. The molecule has 0 bridgehead atoms. The van der Waals surface area contributed by atoms with E-state index in [2.05, 4.69) is 4.98 Å². The van der Waals surface area contributed by atoms with Gasteiger partial charge in [0.15, 0.2) is 0 Å². The average molecular weight is 368 g/mol. The Morgan fingerprint density at radius 3 is 2.41 bits per heavy atom. The average Bonchev–Trinajstić information content (AvgIpc) is 3.24. The summed E-state index contributed by atoms with van der Waals surface area (Å²) in [5.74, 6) is 0.325. The number of benzene rings is 1. The van der Waals surface area contributed by atoms with E-state index in [4.69, 9.17) is 0 Å². The SMILES string of the molecule is O=C(Cn1c(=O)cnc2ccccc21)N1CCN(C(=O)C2CCCC2)CC1. The number of rotatable bonds is 3. The van der Waals surface area contributed by atoms with Crippen LogP contribution in [0.3, 0.4) is 0 Å². The van der Waals surface area contributed by atoms with E-state index in [1.807, 2.05) is 23.1 Å². The number of fused-ring (bicyclic) bond motifs is 1. The molecule has 1 aliphatic carbocycles. The van der Waals surface area contributed by atoms with Crippen LogP contribution in [-0.4, -0.2) is 57.3 Å². The number of aromatic nitrogens is 2. The van der Waals surface area contributed by atoms with Gasteiger partial charge in [0.2, 0.25) is 11.8 Å². The molecule has 0 radical (unpaired) electrons. The van der Waals surface area contributed by atoms with Gasteiger partial charge in [-0.1, -0.05) is 25.0 Å². The Kier molecular flexibility index (Phi) is 4.92. The Balaban J connectivity index is 1.41. The lowest BCUT2D eigenvalue weighted by Crippen LogP contribution is -2.52. The summed E-state index contributed by atoms with van der Waals surface area (Å²) in [6.07, 6.45) is 5.53. The van der Waals surface area contributed by atoms with Gasteiger partial charge < -0.3 is 9.80 Å². The molecule has 0 unspecified atom stereocenters. The monoisotopic (exact) mass is 368 g/mol. The normalized spacial score (nSPS) is 18.2. The number of carbonyl (C=O) groups is 2. The molecule has 27 heavy (non-hydrogen) atoms. The van der Waals surface area contributed by atoms with Crippen molar-refractivity contribution in [2.45, 2.75) is 32.2 Å². The highest BCUT2D eigenvalue weighted by Gasteiger charge is 2.30. The minimum atomic E-state index is -0.280. The molecule has 142 valence electrons. The molecule has 2 aliphatic rings. The van der Waals surface area contributed by atoms with Crippen molar-refractivity contribution in [2.75, 3.05) is 26.2 Å². The summed E-state index contributed by atoms with van der Waals surface area (Å²) in [5.41, 5.74) is 1.07. The van der Waals surface area contributed by atoms with E-state index in [-0.39, 0.29) is 29.8 Å². The number of nitrogens with zero attached hydrogens (tertiary/aromatic N) is 4. The number of para-hydroxylation sites is 2. The lowest BCUT2D eigenvalue weighted by molar-refractivity contribution is -0.142. The smallest absolute Gasteiger partial charge is 0.269 e. The van der Waals surface area contributed by atoms with Gasteiger partial charge in [-0.3, -0.25) is 19.0 Å². The maximum Gasteiger partial charge on any atom is 0.269 e. The van der Waals surface area contributed by atoms with Gasteiger partial charge in [-0.15, -0.1) is 0 Å². The van der Waals surface area contributed by atoms with Gasteiger partial charge in [0, 0.05) is 32.1 Å². The molecule has 7 heteroatoms. The third-order valence-corrected chi connectivity index (χ3v) is 5.69. The maximum atomic E-state index is 12.7. The largest absolute Gasteiger partial charge is 0.339 e. The summed E-state index contributed by atoms with van der Waals surface area (Å²) in [6, 6.07) is 7.31. The minimum absolute atomic E-state index is 0.00155. The second-order valence-corrected chi connectivity index (χ2v) is 7.36. The first kappa shape index (κ1) is 17.7. The molecule has 2 fully saturated rings. The van der Waals surface area contributed by atoms with Crippen LogP contribution >= 0.6 is 0 Å². The van der Waals surface area contributed by atoms with Crippen molar-refractivity contribution in [1.82, 2.24) is 19.4 Å². The van der Waals surface area contributed by atoms with Crippen molar-refractivity contribution in [3.05, 3.63) is 40.8 Å². The van der Waals surface area contributed by atoms with Gasteiger partial charge in [-0.25, -0.2) is 4.98 Å². The number of carbonyl (C=O) groups excluding carboxylic acids is 2. The minimum Gasteiger partial charge on any atom is -0.339 e. The second-order valence-electron chi connectivity index (χ2n) is 7.36. The molecule has 1 aromatic heterocycles. The van der Waals surface area contributed by atoms with Gasteiger partial charge in [0.25, 0.3) is 5.56 Å². The topological polar surface area (TPSA) is 75.5 Å². The van der Waals surface area contributed by atoms with Gasteiger partial charge in [0.1, 0.15) is 6.54 Å². The van der Waals surface area contributed by atoms with Crippen LogP contribution < -0.4 is 5.56 Å². The Labute approximate surface area is 157 Å². The van der Waals surface area contributed by atoms with Crippen molar-refractivity contribution in [3.8, 4) is 0 Å². The fourth-order valence-corrected chi connectivity index (χ4v) is 4.12. The molecule has 2 aromatic rings. The van der Waals surface area contributed by atoms with Gasteiger partial charge in [0.05, 0.1) is 17.2 Å². The Morgan fingerprint density at radius 2 is 1.67 bits per heavy atom. The highest BCUT2D eigenvalue weighted by atomic mass is 16.2. The molecule has 0 N–H and O–H groups in total. The molecule has 1 aromatic carbocycles. The zero-order chi connectivity index (χ0) is 18.8. The van der Waals surface area contributed by atoms with Gasteiger partial charge in [-0.05, 0) is 25.0 Å². The van der Waals surface area contributed by atoms with E-state index in [0.717, 1.165) is 25.7 Å². The zero-order valence-electron chi connectivity index (χ0n) is 15.3. The summed E-state index contributed by atoms with van der Waals surface area (Å²) < 4.78 is 1.47. The number of hydrogen-bond acceptors (Lipinski definition) is 4. The Bertz CT molecular complexity index is 909. The molecular formula is C20H24N4O3. The highest BCUT2D eigenvalue weighted by molar-refractivity contribution is 5.81. The molecule has 7 nitrogen and oxygen atoms in total. The standard InChI is InChI=1S/C20H24N4O3/c25-18-13-21-16-7-3-4-8-17(16)24(18)14-19(26)22-9-11-23(12-10-22)20(27)15-5-1-2-6-15/h3-4,7-8,13,15H,1-2,5-6,9-12,14H2. The number of piperazine rings is 1. The summed E-state index contributed by atoms with van der Waals surface area (Å²) >= 11 is 0. The fraction of sp³-hybridized carbons (Fsp3) is 0.500. The molecule has 0 atom stereocenters. The van der Waals surface area contributed by atoms with E-state index in [9.17, 15) is 14.4 Å². The predicted molar refractivity (Wildman–Crippen MR) is 101 cm³/mol. The van der Waals surface area contributed by atoms with Crippen LogP contribution in [0.15, 0.2) is 35.3 Å². The van der Waals surface area contributed by atoms with Crippen LogP contribution in [0.2, 0.25) is 0 Å². The van der Waals surface area contributed by atoms with Gasteiger partial charge in [-0.2, -0.15) is 0 Å². The molecule has 1 saturated carbocycles. The first-order valence-corrected chi connectivity index (χ1v) is 9.64. The third-order valence-electron chi connectivity index (χ3n) is 5.69. The summed E-state index contributed by atoms with van der Waals surface area (Å²) in [6.45, 7) is 2.20. The van der Waals surface area contributed by atoms with Crippen molar-refractivity contribution >= 4 is 22.8 Å². The van der Waals surface area contributed by atoms with Crippen LogP contribution in [0.25, 0.3) is 11.0 Å². The van der Waals surface area contributed by atoms with E-state index >= 15 is 0 Å². The van der Waals surface area contributed by atoms with Crippen molar-refractivity contribution in [2.24, 2.45) is 5.92 Å². The molecule has 1 aliphatic heterocycles. The Hall–Kier alpha value is -2.70. The fourth-order valence-electron chi connectivity index (χ4n) is 4.12. The molecule has 2 amide bonds.